The van der Waals surface area contributed by atoms with Gasteiger partial charge in [0.05, 0.1) is 5.56 Å². The molecule has 0 radical (unpaired) electrons. The zero-order valence-corrected chi connectivity index (χ0v) is 11.8. The zero-order chi connectivity index (χ0) is 14.2. The number of H-pyrrole nitrogens is 1. The van der Waals surface area contributed by atoms with Gasteiger partial charge in [-0.3, -0.25) is 5.10 Å². The van der Waals surface area contributed by atoms with Crippen molar-refractivity contribution in [2.75, 3.05) is 24.5 Å². The minimum absolute atomic E-state index is 0.454. The molecule has 1 fully saturated rings. The second kappa shape index (κ2) is 4.89. The molecular formula is C15H17N5O. The molecule has 3 heterocycles. The Bertz CT molecular complexity index is 762. The van der Waals surface area contributed by atoms with E-state index in [1.54, 1.807) is 6.26 Å². The van der Waals surface area contributed by atoms with Crippen molar-refractivity contribution in [3.05, 3.63) is 30.5 Å². The first-order valence-corrected chi connectivity index (χ1v) is 7.18. The Morgan fingerprint density at radius 1 is 1.33 bits per heavy atom. The summed E-state index contributed by atoms with van der Waals surface area (Å²) in [4.78, 5) is 6.83. The van der Waals surface area contributed by atoms with Gasteiger partial charge in [-0.15, -0.1) is 5.10 Å². The molecule has 6 nitrogen and oxygen atoms in total. The fourth-order valence-electron chi connectivity index (χ4n) is 2.79. The molecule has 4 rings (SSSR count). The van der Waals surface area contributed by atoms with Gasteiger partial charge in [0, 0.05) is 31.1 Å². The average molecular weight is 283 g/mol. The predicted octanol–water partition coefficient (Wildman–Crippen LogP) is 2.02. The van der Waals surface area contributed by atoms with Gasteiger partial charge < -0.3 is 14.6 Å². The highest BCUT2D eigenvalue weighted by Crippen LogP contribution is 2.28. The SMILES string of the molecule is C[C@@H]1CN(c2n[nH]c(-c3coc4ccccc34)n2)CCN1. The molecule has 1 aliphatic rings. The molecule has 3 aromatic rings. The van der Waals surface area contributed by atoms with Crippen molar-refractivity contribution < 1.29 is 4.42 Å². The van der Waals surface area contributed by atoms with E-state index in [4.69, 9.17) is 4.42 Å². The molecular weight excluding hydrogens is 266 g/mol. The Morgan fingerprint density at radius 3 is 3.14 bits per heavy atom. The normalized spacial score (nSPS) is 19.3. The van der Waals surface area contributed by atoms with Crippen LogP contribution in [0.25, 0.3) is 22.4 Å². The molecule has 0 aliphatic carbocycles. The summed E-state index contributed by atoms with van der Waals surface area (Å²) in [7, 11) is 0. The number of fused-ring (bicyclic) bond motifs is 1. The first-order chi connectivity index (χ1) is 10.3. The highest BCUT2D eigenvalue weighted by atomic mass is 16.3. The van der Waals surface area contributed by atoms with E-state index >= 15 is 0 Å². The Morgan fingerprint density at radius 2 is 2.24 bits per heavy atom. The van der Waals surface area contributed by atoms with Crippen LogP contribution >= 0.6 is 0 Å². The monoisotopic (exact) mass is 283 g/mol. The van der Waals surface area contributed by atoms with Gasteiger partial charge in [-0.25, -0.2) is 0 Å². The van der Waals surface area contributed by atoms with E-state index in [1.165, 1.54) is 0 Å². The number of piperazine rings is 1. The van der Waals surface area contributed by atoms with Crippen molar-refractivity contribution in [2.45, 2.75) is 13.0 Å². The Balaban J connectivity index is 1.68. The third-order valence-electron chi connectivity index (χ3n) is 3.86. The summed E-state index contributed by atoms with van der Waals surface area (Å²) in [5.41, 5.74) is 1.81. The number of para-hydroxylation sites is 1. The summed E-state index contributed by atoms with van der Waals surface area (Å²) in [6.45, 7) is 4.97. The van der Waals surface area contributed by atoms with Crippen LogP contribution in [0.1, 0.15) is 6.92 Å². The third kappa shape index (κ3) is 2.17. The lowest BCUT2D eigenvalue weighted by Gasteiger charge is -2.30. The minimum Gasteiger partial charge on any atom is -0.464 e. The minimum atomic E-state index is 0.454. The Kier molecular flexibility index (Phi) is 2.89. The molecule has 21 heavy (non-hydrogen) atoms. The summed E-state index contributed by atoms with van der Waals surface area (Å²) in [6, 6.07) is 8.40. The van der Waals surface area contributed by atoms with E-state index in [1.807, 2.05) is 24.3 Å². The molecule has 0 amide bonds. The topological polar surface area (TPSA) is 70.0 Å². The molecule has 1 atom stereocenters. The number of benzene rings is 1. The summed E-state index contributed by atoms with van der Waals surface area (Å²) < 4.78 is 5.56. The third-order valence-corrected chi connectivity index (χ3v) is 3.86. The summed E-state index contributed by atoms with van der Waals surface area (Å²) in [5.74, 6) is 1.50. The van der Waals surface area contributed by atoms with Crippen molar-refractivity contribution in [3.63, 3.8) is 0 Å². The molecule has 0 saturated carbocycles. The van der Waals surface area contributed by atoms with Gasteiger partial charge in [-0.05, 0) is 13.0 Å². The number of hydrogen-bond donors (Lipinski definition) is 2. The predicted molar refractivity (Wildman–Crippen MR) is 81.3 cm³/mol. The van der Waals surface area contributed by atoms with Crippen molar-refractivity contribution >= 4 is 16.9 Å². The van der Waals surface area contributed by atoms with E-state index in [0.717, 1.165) is 47.9 Å². The highest BCUT2D eigenvalue weighted by molar-refractivity contribution is 5.92. The average Bonchev–Trinajstić information content (AvgIpc) is 3.14. The molecule has 1 aliphatic heterocycles. The molecule has 0 bridgehead atoms. The number of anilines is 1. The molecule has 1 saturated heterocycles. The van der Waals surface area contributed by atoms with E-state index in [-0.39, 0.29) is 0 Å². The summed E-state index contributed by atoms with van der Waals surface area (Å²) in [5, 5.41) is 11.9. The van der Waals surface area contributed by atoms with Gasteiger partial charge in [0.15, 0.2) is 5.82 Å². The highest BCUT2D eigenvalue weighted by Gasteiger charge is 2.20. The quantitative estimate of drug-likeness (QED) is 0.753. The van der Waals surface area contributed by atoms with E-state index < -0.39 is 0 Å². The van der Waals surface area contributed by atoms with Gasteiger partial charge in [-0.2, -0.15) is 4.98 Å². The number of hydrogen-bond acceptors (Lipinski definition) is 5. The Labute approximate surface area is 122 Å². The molecule has 2 aromatic heterocycles. The number of nitrogens with one attached hydrogen (secondary N) is 2. The second-order valence-electron chi connectivity index (χ2n) is 5.43. The van der Waals surface area contributed by atoms with Crippen molar-refractivity contribution in [1.82, 2.24) is 20.5 Å². The maximum atomic E-state index is 5.56. The van der Waals surface area contributed by atoms with E-state index in [9.17, 15) is 0 Å². The number of aromatic amines is 1. The van der Waals surface area contributed by atoms with Gasteiger partial charge in [0.2, 0.25) is 5.95 Å². The van der Waals surface area contributed by atoms with Gasteiger partial charge in [-0.1, -0.05) is 18.2 Å². The lowest BCUT2D eigenvalue weighted by molar-refractivity contribution is 0.480. The smallest absolute Gasteiger partial charge is 0.245 e. The molecule has 108 valence electrons. The van der Waals surface area contributed by atoms with Crippen LogP contribution in [0.15, 0.2) is 34.9 Å². The maximum absolute atomic E-state index is 5.56. The number of nitrogens with zero attached hydrogens (tertiary/aromatic N) is 3. The molecule has 0 spiro atoms. The maximum Gasteiger partial charge on any atom is 0.245 e. The summed E-state index contributed by atoms with van der Waals surface area (Å²) in [6.07, 6.45) is 1.73. The van der Waals surface area contributed by atoms with Crippen LogP contribution in [0.4, 0.5) is 5.95 Å². The lowest BCUT2D eigenvalue weighted by Crippen LogP contribution is -2.49. The Hall–Kier alpha value is -2.34. The number of aromatic nitrogens is 3. The zero-order valence-electron chi connectivity index (χ0n) is 11.8. The van der Waals surface area contributed by atoms with Crippen LogP contribution in [0.2, 0.25) is 0 Å². The standard InChI is InChI=1S/C15H17N5O/c1-10-8-20(7-6-16-10)15-17-14(18-19-15)12-9-21-13-5-3-2-4-11(12)13/h2-5,9-10,16H,6-8H2,1H3,(H,17,18,19)/t10-/m1/s1. The molecule has 2 N–H and O–H groups in total. The molecule has 6 heteroatoms. The first-order valence-electron chi connectivity index (χ1n) is 7.18. The van der Waals surface area contributed by atoms with Gasteiger partial charge in [0.25, 0.3) is 0 Å². The van der Waals surface area contributed by atoms with Crippen molar-refractivity contribution in [1.29, 1.82) is 0 Å². The number of rotatable bonds is 2. The lowest BCUT2D eigenvalue weighted by atomic mass is 10.2. The largest absolute Gasteiger partial charge is 0.464 e. The van der Waals surface area contributed by atoms with Crippen LogP contribution in [0.5, 0.6) is 0 Å². The van der Waals surface area contributed by atoms with Crippen molar-refractivity contribution in [2.24, 2.45) is 0 Å². The number of furan rings is 1. The van der Waals surface area contributed by atoms with E-state index in [2.05, 4.69) is 32.3 Å². The van der Waals surface area contributed by atoms with Crippen LogP contribution in [-0.4, -0.2) is 40.9 Å². The van der Waals surface area contributed by atoms with Gasteiger partial charge in [0.1, 0.15) is 11.8 Å². The first kappa shape index (κ1) is 12.4. The van der Waals surface area contributed by atoms with Crippen molar-refractivity contribution in [3.8, 4) is 11.4 Å². The van der Waals surface area contributed by atoms with Gasteiger partial charge >= 0.3 is 0 Å². The van der Waals surface area contributed by atoms with Crippen LogP contribution in [0.3, 0.4) is 0 Å². The van der Waals surface area contributed by atoms with E-state index in [0.29, 0.717) is 6.04 Å². The van der Waals surface area contributed by atoms with Crippen LogP contribution < -0.4 is 10.2 Å². The van der Waals surface area contributed by atoms with Crippen LogP contribution in [0, 0.1) is 0 Å². The molecule has 0 unspecified atom stereocenters. The summed E-state index contributed by atoms with van der Waals surface area (Å²) >= 11 is 0. The molecule has 1 aromatic carbocycles. The van der Waals surface area contributed by atoms with Crippen LogP contribution in [-0.2, 0) is 0 Å². The second-order valence-corrected chi connectivity index (χ2v) is 5.43. The fraction of sp³-hybridized carbons (Fsp3) is 0.333. The fourth-order valence-corrected chi connectivity index (χ4v) is 2.79.